The quantitative estimate of drug-likeness (QED) is 0.524. The minimum atomic E-state index is -0.845. The number of methoxy groups -OCH3 is 2. The molecule has 3 aromatic rings. The van der Waals surface area contributed by atoms with Crippen LogP contribution in [0.15, 0.2) is 72.8 Å². The maximum absolute atomic E-state index is 13.4. The molecule has 0 radical (unpaired) electrons. The Balaban J connectivity index is 1.65. The van der Waals surface area contributed by atoms with E-state index in [2.05, 4.69) is 10.6 Å². The van der Waals surface area contributed by atoms with Gasteiger partial charge >= 0.3 is 12.0 Å². The molecular weight excluding hydrogens is 460 g/mol. The second kappa shape index (κ2) is 11.4. The fourth-order valence-electron chi connectivity index (χ4n) is 4.15. The Morgan fingerprint density at radius 1 is 0.889 bits per heavy atom. The number of amides is 2. The molecule has 0 saturated heterocycles. The fourth-order valence-corrected chi connectivity index (χ4v) is 4.15. The van der Waals surface area contributed by atoms with Crippen LogP contribution in [-0.4, -0.2) is 38.0 Å². The highest BCUT2D eigenvalue weighted by Crippen LogP contribution is 2.34. The average molecular weight is 489 g/mol. The minimum Gasteiger partial charge on any atom is -0.493 e. The van der Waals surface area contributed by atoms with E-state index in [1.165, 1.54) is 7.11 Å². The summed E-state index contributed by atoms with van der Waals surface area (Å²) in [5.41, 5.74) is 2.22. The molecule has 5 rings (SSSR count). The first-order chi connectivity index (χ1) is 17.4. The molecule has 4 bridgehead atoms. The summed E-state index contributed by atoms with van der Waals surface area (Å²) in [5, 5.41) is 5.52. The Hall–Kier alpha value is -4.33. The van der Waals surface area contributed by atoms with E-state index in [0.29, 0.717) is 22.9 Å². The second-order valence-corrected chi connectivity index (χ2v) is 8.55. The number of fused-ring (bicyclic) bond motifs is 7. The molecule has 0 fully saturated rings. The number of benzene rings is 3. The third-order valence-corrected chi connectivity index (χ3v) is 6.01. The molecule has 0 spiro atoms. The van der Waals surface area contributed by atoms with Gasteiger partial charge in [0, 0.05) is 12.1 Å². The molecular formula is C28H28N2O6. The number of ether oxygens (including phenoxy) is 3. The molecule has 2 N–H and O–H groups in total. The summed E-state index contributed by atoms with van der Waals surface area (Å²) < 4.78 is 16.5. The summed E-state index contributed by atoms with van der Waals surface area (Å²) >= 11 is 0. The number of Topliss-reactive ketones (excluding diaryl/α,β-unsaturated/α-hetero) is 1. The van der Waals surface area contributed by atoms with Gasteiger partial charge in [-0.15, -0.1) is 0 Å². The van der Waals surface area contributed by atoms with Crippen LogP contribution < -0.4 is 20.1 Å². The van der Waals surface area contributed by atoms with Gasteiger partial charge in [0.15, 0.2) is 17.3 Å². The number of urea groups is 1. The lowest BCUT2D eigenvalue weighted by Gasteiger charge is -2.22. The van der Waals surface area contributed by atoms with Crippen LogP contribution in [0, 0.1) is 5.92 Å². The summed E-state index contributed by atoms with van der Waals surface area (Å²) in [6.45, 7) is 0. The van der Waals surface area contributed by atoms with Gasteiger partial charge in [0.1, 0.15) is 5.75 Å². The Morgan fingerprint density at radius 3 is 2.31 bits per heavy atom. The van der Waals surface area contributed by atoms with Crippen LogP contribution in [0.3, 0.4) is 0 Å². The number of para-hydroxylation sites is 1. The van der Waals surface area contributed by atoms with Crippen LogP contribution in [0.2, 0.25) is 0 Å². The lowest BCUT2D eigenvalue weighted by Crippen LogP contribution is -2.45. The predicted molar refractivity (Wildman–Crippen MR) is 134 cm³/mol. The smallest absolute Gasteiger partial charge is 0.319 e. The van der Waals surface area contributed by atoms with E-state index >= 15 is 0 Å². The second-order valence-electron chi connectivity index (χ2n) is 8.55. The first-order valence-corrected chi connectivity index (χ1v) is 11.6. The zero-order chi connectivity index (χ0) is 25.5. The maximum atomic E-state index is 13.4. The third kappa shape index (κ3) is 6.21. The highest BCUT2D eigenvalue weighted by Gasteiger charge is 2.29. The van der Waals surface area contributed by atoms with Crippen molar-refractivity contribution in [3.8, 4) is 17.2 Å². The molecule has 0 saturated carbocycles. The van der Waals surface area contributed by atoms with Gasteiger partial charge in [-0.05, 0) is 60.4 Å². The summed E-state index contributed by atoms with van der Waals surface area (Å²) in [4.78, 5) is 38.8. The van der Waals surface area contributed by atoms with E-state index < -0.39 is 24.0 Å². The van der Waals surface area contributed by atoms with Gasteiger partial charge < -0.3 is 24.8 Å². The van der Waals surface area contributed by atoms with Gasteiger partial charge in [-0.1, -0.05) is 36.4 Å². The first-order valence-electron chi connectivity index (χ1n) is 11.6. The largest absolute Gasteiger partial charge is 0.493 e. The lowest BCUT2D eigenvalue weighted by atomic mass is 9.90. The van der Waals surface area contributed by atoms with Gasteiger partial charge in [0.05, 0.1) is 26.2 Å². The number of carbonyl (C=O) groups excluding carboxylic acids is 3. The van der Waals surface area contributed by atoms with Crippen LogP contribution in [0.4, 0.5) is 10.5 Å². The molecule has 36 heavy (non-hydrogen) atoms. The van der Waals surface area contributed by atoms with Gasteiger partial charge in [0.2, 0.25) is 0 Å². The van der Waals surface area contributed by atoms with Gasteiger partial charge in [0.25, 0.3) is 0 Å². The molecule has 2 heterocycles. The Bertz CT molecular complexity index is 1230. The van der Waals surface area contributed by atoms with Crippen LogP contribution in [0.25, 0.3) is 0 Å². The zero-order valence-corrected chi connectivity index (χ0v) is 20.2. The average Bonchev–Trinajstić information content (AvgIpc) is 2.88. The SMILES string of the molecule is COC(=O)[C@H]1CC(=O)[C@@H](NC(=O)Nc2ccccc2)Cc2ccc(cc2)Oc2cc(ccc2OC)C1. The van der Waals surface area contributed by atoms with E-state index in [0.717, 1.165) is 11.1 Å². The van der Waals surface area contributed by atoms with Crippen molar-refractivity contribution in [2.45, 2.75) is 25.3 Å². The molecule has 3 aromatic carbocycles. The normalized spacial score (nSPS) is 17.3. The zero-order valence-electron chi connectivity index (χ0n) is 20.2. The van der Waals surface area contributed by atoms with Crippen molar-refractivity contribution < 1.29 is 28.6 Å². The van der Waals surface area contributed by atoms with Crippen LogP contribution in [0.1, 0.15) is 17.5 Å². The maximum Gasteiger partial charge on any atom is 0.319 e. The molecule has 2 aliphatic rings. The molecule has 8 heteroatoms. The summed E-state index contributed by atoms with van der Waals surface area (Å²) in [6, 6.07) is 20.3. The third-order valence-electron chi connectivity index (χ3n) is 6.01. The lowest BCUT2D eigenvalue weighted by molar-refractivity contribution is -0.147. The summed E-state index contributed by atoms with van der Waals surface area (Å²) in [7, 11) is 2.85. The summed E-state index contributed by atoms with van der Waals surface area (Å²) in [5.74, 6) is 0.160. The van der Waals surface area contributed by atoms with Crippen molar-refractivity contribution in [2.75, 3.05) is 19.5 Å². The number of nitrogens with one attached hydrogen (secondary N) is 2. The van der Waals surface area contributed by atoms with Gasteiger partial charge in [-0.25, -0.2) is 4.79 Å². The number of esters is 1. The predicted octanol–water partition coefficient (Wildman–Crippen LogP) is 4.52. The number of rotatable bonds is 4. The number of carbonyl (C=O) groups is 3. The molecule has 0 unspecified atom stereocenters. The number of anilines is 1. The van der Waals surface area contributed by atoms with E-state index in [1.807, 2.05) is 24.3 Å². The van der Waals surface area contributed by atoms with Crippen LogP contribution >= 0.6 is 0 Å². The number of hydrogen-bond donors (Lipinski definition) is 2. The van der Waals surface area contributed by atoms with Crippen molar-refractivity contribution in [2.24, 2.45) is 5.92 Å². The van der Waals surface area contributed by atoms with E-state index in [-0.39, 0.29) is 25.0 Å². The molecule has 186 valence electrons. The fraction of sp³-hybridized carbons (Fsp3) is 0.250. The molecule has 8 nitrogen and oxygen atoms in total. The molecule has 0 aliphatic carbocycles. The van der Waals surface area contributed by atoms with Gasteiger partial charge in [-0.3, -0.25) is 9.59 Å². The highest BCUT2D eigenvalue weighted by molar-refractivity contribution is 5.95. The van der Waals surface area contributed by atoms with Crippen molar-refractivity contribution in [3.05, 3.63) is 83.9 Å². The minimum absolute atomic E-state index is 0.0940. The first kappa shape index (κ1) is 24.8. The van der Waals surface area contributed by atoms with Gasteiger partial charge in [-0.2, -0.15) is 0 Å². The Labute approximate surface area is 209 Å². The Morgan fingerprint density at radius 2 is 1.61 bits per heavy atom. The highest BCUT2D eigenvalue weighted by atomic mass is 16.5. The molecule has 2 amide bonds. The standard InChI is InChI=1S/C28H28N2O6/c1-34-25-13-10-19-14-20(27(32)35-2)17-24(31)23(30-28(33)29-21-6-4-3-5-7-21)15-18-8-11-22(12-9-18)36-26(25)16-19/h3-13,16,20,23H,14-15,17H2,1-2H3,(H2,29,30,33)/t20-,23+/m1/s1. The van der Waals surface area contributed by atoms with Crippen molar-refractivity contribution >= 4 is 23.5 Å². The summed E-state index contributed by atoms with van der Waals surface area (Å²) in [6.07, 6.45) is 0.423. The molecule has 0 aromatic heterocycles. The monoisotopic (exact) mass is 488 g/mol. The van der Waals surface area contributed by atoms with E-state index in [9.17, 15) is 14.4 Å². The number of ketones is 1. The van der Waals surface area contributed by atoms with Crippen molar-refractivity contribution in [3.63, 3.8) is 0 Å². The number of hydrogen-bond acceptors (Lipinski definition) is 6. The van der Waals surface area contributed by atoms with Crippen LogP contribution in [0.5, 0.6) is 17.2 Å². The molecule has 2 aliphatic heterocycles. The van der Waals surface area contributed by atoms with Crippen molar-refractivity contribution in [1.29, 1.82) is 0 Å². The van der Waals surface area contributed by atoms with E-state index in [4.69, 9.17) is 14.2 Å². The topological polar surface area (TPSA) is 103 Å². The van der Waals surface area contributed by atoms with Crippen LogP contribution in [-0.2, 0) is 27.2 Å². The molecule has 2 atom stereocenters. The van der Waals surface area contributed by atoms with Crippen molar-refractivity contribution in [1.82, 2.24) is 5.32 Å². The van der Waals surface area contributed by atoms with E-state index in [1.54, 1.807) is 55.6 Å². The Kier molecular flexibility index (Phi) is 7.85.